The second-order valence-corrected chi connectivity index (χ2v) is 7.53. The first-order chi connectivity index (χ1) is 12.1. The van der Waals surface area contributed by atoms with Gasteiger partial charge in [-0.05, 0) is 45.9 Å². The lowest BCUT2D eigenvalue weighted by Crippen LogP contribution is -2.28. The van der Waals surface area contributed by atoms with E-state index in [0.717, 1.165) is 15.3 Å². The van der Waals surface area contributed by atoms with Gasteiger partial charge in [-0.25, -0.2) is 0 Å². The molecule has 9 heteroatoms. The van der Waals surface area contributed by atoms with Gasteiger partial charge in [-0.3, -0.25) is 4.79 Å². The van der Waals surface area contributed by atoms with Gasteiger partial charge in [0.25, 0.3) is 0 Å². The average molecular weight is 372 g/mol. The average Bonchev–Trinajstić information content (AvgIpc) is 3.34. The molecule has 126 valence electrons. The van der Waals surface area contributed by atoms with Gasteiger partial charge in [0.15, 0.2) is 5.78 Å². The predicted molar refractivity (Wildman–Crippen MR) is 94.7 cm³/mol. The van der Waals surface area contributed by atoms with Gasteiger partial charge in [-0.1, -0.05) is 17.1 Å². The number of nitrogens with zero attached hydrogens (tertiary/aromatic N) is 4. The van der Waals surface area contributed by atoms with E-state index in [-0.39, 0.29) is 11.7 Å². The van der Waals surface area contributed by atoms with Crippen LogP contribution in [0.4, 0.5) is 5.95 Å². The number of thiophene rings is 2. The zero-order valence-corrected chi connectivity index (χ0v) is 14.4. The van der Waals surface area contributed by atoms with Gasteiger partial charge in [0.05, 0.1) is 0 Å². The molecule has 3 aromatic heterocycles. The first kappa shape index (κ1) is 15.9. The van der Waals surface area contributed by atoms with E-state index < -0.39 is 16.9 Å². The molecule has 4 rings (SSSR count). The maximum atomic E-state index is 12.9. The summed E-state index contributed by atoms with van der Waals surface area (Å²) in [7, 11) is 0. The minimum absolute atomic E-state index is 0.118. The van der Waals surface area contributed by atoms with Crippen molar-refractivity contribution in [3.63, 3.8) is 0 Å². The molecule has 1 aliphatic carbocycles. The van der Waals surface area contributed by atoms with E-state index in [0.29, 0.717) is 6.42 Å². The Morgan fingerprint density at radius 1 is 1.24 bits per heavy atom. The number of carbonyl (C=O) groups excluding carboxylic acids is 1. The van der Waals surface area contributed by atoms with Crippen LogP contribution in [-0.4, -0.2) is 25.5 Å². The van der Waals surface area contributed by atoms with Crippen LogP contribution < -0.4 is 0 Å². The molecular weight excluding hydrogens is 360 g/mol. The van der Waals surface area contributed by atoms with Crippen molar-refractivity contribution < 1.29 is 9.72 Å². The predicted octanol–water partition coefficient (Wildman–Crippen LogP) is 3.69. The Labute approximate surface area is 150 Å². The fraction of sp³-hybridized carbons (Fsp3) is 0.188. The molecule has 0 unspecified atom stereocenters. The number of rotatable bonds is 4. The molecule has 25 heavy (non-hydrogen) atoms. The normalized spacial score (nSPS) is 20.5. The number of ketones is 1. The Morgan fingerprint density at radius 3 is 2.68 bits per heavy atom. The number of aromatic nitrogens is 3. The Balaban J connectivity index is 1.77. The number of carbonyl (C=O) groups is 1. The van der Waals surface area contributed by atoms with E-state index in [1.165, 1.54) is 11.0 Å². The zero-order chi connectivity index (χ0) is 17.4. The lowest BCUT2D eigenvalue weighted by molar-refractivity contribution is -0.394. The second-order valence-electron chi connectivity index (χ2n) is 5.60. The zero-order valence-electron chi connectivity index (χ0n) is 12.8. The maximum absolute atomic E-state index is 12.9. The van der Waals surface area contributed by atoms with Gasteiger partial charge in [0, 0.05) is 20.8 Å². The van der Waals surface area contributed by atoms with Gasteiger partial charge in [0.2, 0.25) is 6.33 Å². The van der Waals surface area contributed by atoms with Crippen molar-refractivity contribution >= 4 is 40.0 Å². The molecule has 1 aliphatic rings. The molecule has 3 heterocycles. The van der Waals surface area contributed by atoms with Crippen molar-refractivity contribution in [3.05, 3.63) is 67.3 Å². The summed E-state index contributed by atoms with van der Waals surface area (Å²) in [6.45, 7) is 0. The number of nitro groups is 1. The third-order valence-corrected chi connectivity index (χ3v) is 6.07. The smallest absolute Gasteiger partial charge is 0.390 e. The number of allylic oxidation sites excluding steroid dienone is 2. The van der Waals surface area contributed by atoms with Gasteiger partial charge in [-0.2, -0.15) is 4.68 Å². The van der Waals surface area contributed by atoms with E-state index in [1.54, 1.807) is 28.7 Å². The van der Waals surface area contributed by atoms with Crippen molar-refractivity contribution in [1.29, 1.82) is 0 Å². The summed E-state index contributed by atoms with van der Waals surface area (Å²) in [6.07, 6.45) is 3.57. The lowest BCUT2D eigenvalue weighted by atomic mass is 9.82. The molecule has 0 N–H and O–H groups in total. The van der Waals surface area contributed by atoms with Crippen LogP contribution in [0, 0.1) is 10.1 Å². The van der Waals surface area contributed by atoms with E-state index in [1.807, 2.05) is 35.0 Å². The van der Waals surface area contributed by atoms with E-state index in [2.05, 4.69) is 10.1 Å². The quantitative estimate of drug-likeness (QED) is 0.514. The van der Waals surface area contributed by atoms with Crippen molar-refractivity contribution in [1.82, 2.24) is 14.8 Å². The van der Waals surface area contributed by atoms with Crippen molar-refractivity contribution in [3.8, 4) is 0 Å². The molecular formula is C16H12N4O3S2. The summed E-state index contributed by atoms with van der Waals surface area (Å²) in [5, 5.41) is 18.7. The monoisotopic (exact) mass is 372 g/mol. The first-order valence-corrected chi connectivity index (χ1v) is 9.26. The molecule has 0 aliphatic heterocycles. The number of hydrogen-bond donors (Lipinski definition) is 0. The standard InChI is InChI=1S/C16H12N4O3S2/c21-12-8-10(13-3-1-5-24-13)7-11(14-4-2-6-25-14)15(12)19-9-17-16(18-19)20(22)23/h1-6,8-9,11,15H,7H2/t11-,15-/m0/s1. The molecule has 0 fully saturated rings. The Hall–Kier alpha value is -2.65. The third-order valence-electron chi connectivity index (χ3n) is 4.12. The van der Waals surface area contributed by atoms with Gasteiger partial charge >= 0.3 is 5.95 Å². The first-order valence-electron chi connectivity index (χ1n) is 7.50. The molecule has 0 amide bonds. The summed E-state index contributed by atoms with van der Waals surface area (Å²) in [5.41, 5.74) is 0.990. The maximum Gasteiger partial charge on any atom is 0.490 e. The Kier molecular flexibility index (Phi) is 4.02. The fourth-order valence-corrected chi connectivity index (χ4v) is 4.67. The molecule has 0 bridgehead atoms. The van der Waals surface area contributed by atoms with Crippen LogP contribution in [0.25, 0.3) is 5.57 Å². The van der Waals surface area contributed by atoms with Gasteiger partial charge in [0.1, 0.15) is 6.04 Å². The highest BCUT2D eigenvalue weighted by Crippen LogP contribution is 2.44. The summed E-state index contributed by atoms with van der Waals surface area (Å²) in [6, 6.07) is 7.25. The van der Waals surface area contributed by atoms with Crippen LogP contribution in [0.15, 0.2) is 47.4 Å². The van der Waals surface area contributed by atoms with Crippen LogP contribution >= 0.6 is 22.7 Å². The Bertz CT molecular complexity index is 944. The second kappa shape index (κ2) is 6.34. The lowest BCUT2D eigenvalue weighted by Gasteiger charge is -2.27. The molecule has 0 saturated heterocycles. The van der Waals surface area contributed by atoms with Crippen molar-refractivity contribution in [2.75, 3.05) is 0 Å². The Morgan fingerprint density at radius 2 is 2.04 bits per heavy atom. The topological polar surface area (TPSA) is 90.9 Å². The summed E-state index contributed by atoms with van der Waals surface area (Å²) < 4.78 is 1.33. The molecule has 2 atom stereocenters. The molecule has 0 radical (unpaired) electrons. The highest BCUT2D eigenvalue weighted by molar-refractivity contribution is 7.11. The van der Waals surface area contributed by atoms with Gasteiger partial charge in [-0.15, -0.1) is 22.7 Å². The summed E-state index contributed by atoms with van der Waals surface area (Å²) in [4.78, 5) is 28.9. The minimum atomic E-state index is -0.656. The van der Waals surface area contributed by atoms with Crippen LogP contribution in [0.5, 0.6) is 0 Å². The number of hydrogen-bond acceptors (Lipinski definition) is 7. The SMILES string of the molecule is O=C1C=C(c2cccs2)C[C@@H](c2cccs2)[C@@H]1n1cnc([N+](=O)[O-])n1. The van der Waals surface area contributed by atoms with Crippen LogP contribution in [-0.2, 0) is 4.79 Å². The molecule has 0 spiro atoms. The summed E-state index contributed by atoms with van der Waals surface area (Å²) >= 11 is 3.17. The third kappa shape index (κ3) is 2.92. The molecule has 0 saturated carbocycles. The van der Waals surface area contributed by atoms with Gasteiger partial charge < -0.3 is 10.1 Å². The van der Waals surface area contributed by atoms with Crippen molar-refractivity contribution in [2.45, 2.75) is 18.4 Å². The van der Waals surface area contributed by atoms with E-state index in [9.17, 15) is 14.9 Å². The minimum Gasteiger partial charge on any atom is -0.390 e. The highest BCUT2D eigenvalue weighted by atomic mass is 32.1. The molecule has 3 aromatic rings. The van der Waals surface area contributed by atoms with E-state index in [4.69, 9.17) is 0 Å². The fourth-order valence-electron chi connectivity index (χ4n) is 3.05. The summed E-state index contributed by atoms with van der Waals surface area (Å²) in [5.74, 6) is -0.741. The van der Waals surface area contributed by atoms with E-state index >= 15 is 0 Å². The van der Waals surface area contributed by atoms with Crippen LogP contribution in [0.2, 0.25) is 0 Å². The molecule has 7 nitrogen and oxygen atoms in total. The molecule has 0 aromatic carbocycles. The highest BCUT2D eigenvalue weighted by Gasteiger charge is 2.38. The van der Waals surface area contributed by atoms with Crippen LogP contribution in [0.1, 0.15) is 28.1 Å². The van der Waals surface area contributed by atoms with Crippen molar-refractivity contribution in [2.24, 2.45) is 0 Å². The van der Waals surface area contributed by atoms with Crippen LogP contribution in [0.3, 0.4) is 0 Å². The largest absolute Gasteiger partial charge is 0.490 e.